The number of nitrogens with one attached hydrogen (secondary N) is 1. The van der Waals surface area contributed by atoms with Crippen LogP contribution in [0.2, 0.25) is 0 Å². The average molecular weight is 335 g/mol. The Kier molecular flexibility index (Phi) is 6.69. The molecule has 0 aliphatic rings. The number of ether oxygens (including phenoxy) is 1. The van der Waals surface area contributed by atoms with E-state index in [1.807, 2.05) is 0 Å². The molecule has 1 atom stereocenters. The van der Waals surface area contributed by atoms with E-state index in [0.29, 0.717) is 12.2 Å². The summed E-state index contributed by atoms with van der Waals surface area (Å²) in [6, 6.07) is 11.6. The van der Waals surface area contributed by atoms with Crippen molar-refractivity contribution in [1.29, 1.82) is 0 Å². The molecule has 0 aromatic heterocycles. The van der Waals surface area contributed by atoms with Crippen molar-refractivity contribution in [3.8, 4) is 5.75 Å². The lowest BCUT2D eigenvalue weighted by molar-refractivity contribution is -0.121. The van der Waals surface area contributed by atoms with Crippen LogP contribution in [0.4, 0.5) is 8.78 Å². The molecular formula is C18H19F2NO3. The van der Waals surface area contributed by atoms with Gasteiger partial charge in [-0.05, 0) is 24.6 Å². The van der Waals surface area contributed by atoms with Crippen molar-refractivity contribution in [2.45, 2.75) is 18.9 Å². The minimum atomic E-state index is -1.10. The molecule has 6 heteroatoms. The molecule has 2 rings (SSSR count). The Bertz CT molecular complexity index is 679. The van der Waals surface area contributed by atoms with Crippen LogP contribution in [0, 0.1) is 11.6 Å². The van der Waals surface area contributed by atoms with Gasteiger partial charge in [-0.1, -0.05) is 24.3 Å². The lowest BCUT2D eigenvalue weighted by Crippen LogP contribution is -2.28. The van der Waals surface area contributed by atoms with Gasteiger partial charge in [-0.15, -0.1) is 0 Å². The van der Waals surface area contributed by atoms with Crippen molar-refractivity contribution in [2.75, 3.05) is 13.2 Å². The number of aliphatic hydroxyl groups excluding tert-OH is 1. The average Bonchev–Trinajstić information content (AvgIpc) is 2.57. The number of rotatable bonds is 8. The van der Waals surface area contributed by atoms with Crippen molar-refractivity contribution in [3.63, 3.8) is 0 Å². The molecule has 0 radical (unpaired) electrons. The van der Waals surface area contributed by atoms with Crippen molar-refractivity contribution < 1.29 is 23.4 Å². The molecule has 0 aliphatic carbocycles. The molecule has 2 N–H and O–H groups in total. The van der Waals surface area contributed by atoms with Gasteiger partial charge in [0.1, 0.15) is 17.4 Å². The first-order valence-corrected chi connectivity index (χ1v) is 7.64. The summed E-state index contributed by atoms with van der Waals surface area (Å²) in [6.45, 7) is 0.206. The highest BCUT2D eigenvalue weighted by Crippen LogP contribution is 2.15. The summed E-state index contributed by atoms with van der Waals surface area (Å²) in [6.07, 6.45) is -0.462. The van der Waals surface area contributed by atoms with Crippen LogP contribution in [-0.2, 0) is 4.79 Å². The zero-order chi connectivity index (χ0) is 17.4. The molecule has 0 spiro atoms. The van der Waals surface area contributed by atoms with Crippen LogP contribution in [0.5, 0.6) is 5.75 Å². The highest BCUT2D eigenvalue weighted by atomic mass is 19.1. The van der Waals surface area contributed by atoms with E-state index in [1.165, 1.54) is 30.3 Å². The number of benzene rings is 2. The first-order valence-electron chi connectivity index (χ1n) is 7.64. The number of hydrogen-bond donors (Lipinski definition) is 2. The summed E-state index contributed by atoms with van der Waals surface area (Å²) in [5.41, 5.74) is 0.146. The standard InChI is InChI=1S/C18H19F2NO3/c19-13-5-3-6-14(11-13)24-10-4-9-18(23)21-12-17(22)15-7-1-2-8-16(15)20/h1-3,5-8,11,17,22H,4,9-10,12H2,(H,21,23). The van der Waals surface area contributed by atoms with Gasteiger partial charge in [0.05, 0.1) is 12.7 Å². The largest absolute Gasteiger partial charge is 0.493 e. The summed E-state index contributed by atoms with van der Waals surface area (Å²) in [7, 11) is 0. The lowest BCUT2D eigenvalue weighted by atomic mass is 10.1. The third-order valence-electron chi connectivity index (χ3n) is 3.37. The van der Waals surface area contributed by atoms with Crippen LogP contribution in [0.15, 0.2) is 48.5 Å². The van der Waals surface area contributed by atoms with Gasteiger partial charge in [-0.2, -0.15) is 0 Å². The zero-order valence-electron chi connectivity index (χ0n) is 13.0. The normalized spacial score (nSPS) is 11.8. The van der Waals surface area contributed by atoms with Crippen molar-refractivity contribution in [3.05, 3.63) is 65.7 Å². The van der Waals surface area contributed by atoms with Crippen LogP contribution in [0.3, 0.4) is 0 Å². The van der Waals surface area contributed by atoms with Crippen LogP contribution in [0.1, 0.15) is 24.5 Å². The predicted octanol–water partition coefficient (Wildman–Crippen LogP) is 2.97. The Hall–Kier alpha value is -2.47. The molecule has 0 fully saturated rings. The van der Waals surface area contributed by atoms with Gasteiger partial charge in [0.2, 0.25) is 5.91 Å². The number of aliphatic hydroxyl groups is 1. The zero-order valence-corrected chi connectivity index (χ0v) is 13.0. The van der Waals surface area contributed by atoms with Crippen LogP contribution in [0.25, 0.3) is 0 Å². The summed E-state index contributed by atoms with van der Waals surface area (Å²) in [5, 5.41) is 12.4. The van der Waals surface area contributed by atoms with E-state index in [2.05, 4.69) is 5.32 Å². The van der Waals surface area contributed by atoms with Gasteiger partial charge in [-0.25, -0.2) is 8.78 Å². The maximum Gasteiger partial charge on any atom is 0.220 e. The van der Waals surface area contributed by atoms with Gasteiger partial charge in [-0.3, -0.25) is 4.79 Å². The van der Waals surface area contributed by atoms with E-state index < -0.39 is 11.9 Å². The fourth-order valence-corrected chi connectivity index (χ4v) is 2.13. The number of carbonyl (C=O) groups excluding carboxylic acids is 1. The van der Waals surface area contributed by atoms with Gasteiger partial charge in [0.15, 0.2) is 0 Å². The van der Waals surface area contributed by atoms with E-state index >= 15 is 0 Å². The van der Waals surface area contributed by atoms with Crippen LogP contribution in [-0.4, -0.2) is 24.2 Å². The smallest absolute Gasteiger partial charge is 0.220 e. The molecule has 1 amide bonds. The molecule has 0 aliphatic heterocycles. The molecule has 0 saturated heterocycles. The van der Waals surface area contributed by atoms with E-state index in [-0.39, 0.29) is 36.9 Å². The van der Waals surface area contributed by atoms with Crippen LogP contribution >= 0.6 is 0 Å². The third-order valence-corrected chi connectivity index (χ3v) is 3.37. The summed E-state index contributed by atoms with van der Waals surface area (Å²) in [4.78, 5) is 11.7. The molecular weight excluding hydrogens is 316 g/mol. The molecule has 2 aromatic carbocycles. The Morgan fingerprint density at radius 1 is 1.17 bits per heavy atom. The minimum Gasteiger partial charge on any atom is -0.493 e. The highest BCUT2D eigenvalue weighted by Gasteiger charge is 2.13. The monoisotopic (exact) mass is 335 g/mol. The van der Waals surface area contributed by atoms with Gasteiger partial charge in [0, 0.05) is 24.6 Å². The Balaban J connectivity index is 1.65. The lowest BCUT2D eigenvalue weighted by Gasteiger charge is -2.13. The third kappa shape index (κ3) is 5.62. The Labute approximate surface area is 139 Å². The molecule has 2 aromatic rings. The molecule has 0 saturated carbocycles. The van der Waals surface area contributed by atoms with Crippen molar-refractivity contribution in [1.82, 2.24) is 5.32 Å². The molecule has 0 heterocycles. The van der Waals surface area contributed by atoms with Crippen LogP contribution < -0.4 is 10.1 Å². The fourth-order valence-electron chi connectivity index (χ4n) is 2.13. The van der Waals surface area contributed by atoms with E-state index in [0.717, 1.165) is 0 Å². The maximum absolute atomic E-state index is 13.5. The number of amides is 1. The van der Waals surface area contributed by atoms with E-state index in [4.69, 9.17) is 4.74 Å². The van der Waals surface area contributed by atoms with Crippen molar-refractivity contribution in [2.24, 2.45) is 0 Å². The fraction of sp³-hybridized carbons (Fsp3) is 0.278. The van der Waals surface area contributed by atoms with Gasteiger partial charge < -0.3 is 15.2 Å². The Morgan fingerprint density at radius 3 is 2.71 bits per heavy atom. The quantitative estimate of drug-likeness (QED) is 0.729. The van der Waals surface area contributed by atoms with Gasteiger partial charge >= 0.3 is 0 Å². The first-order chi connectivity index (χ1) is 11.6. The molecule has 128 valence electrons. The number of halogens is 2. The minimum absolute atomic E-state index is 0.0650. The molecule has 0 bridgehead atoms. The molecule has 24 heavy (non-hydrogen) atoms. The summed E-state index contributed by atoms with van der Waals surface area (Å²) < 4.78 is 31.8. The molecule has 1 unspecified atom stereocenters. The summed E-state index contributed by atoms with van der Waals surface area (Å²) >= 11 is 0. The first kappa shape index (κ1) is 17.9. The number of carbonyl (C=O) groups is 1. The SMILES string of the molecule is O=C(CCCOc1cccc(F)c1)NCC(O)c1ccccc1F. The van der Waals surface area contributed by atoms with E-state index in [1.54, 1.807) is 18.2 Å². The van der Waals surface area contributed by atoms with Crippen molar-refractivity contribution >= 4 is 5.91 Å². The topological polar surface area (TPSA) is 58.6 Å². The van der Waals surface area contributed by atoms with E-state index in [9.17, 15) is 18.7 Å². The predicted molar refractivity (Wildman–Crippen MR) is 85.5 cm³/mol. The Morgan fingerprint density at radius 2 is 1.96 bits per heavy atom. The second-order valence-electron chi connectivity index (χ2n) is 5.25. The highest BCUT2D eigenvalue weighted by molar-refractivity contribution is 5.75. The molecule has 4 nitrogen and oxygen atoms in total. The number of hydrogen-bond acceptors (Lipinski definition) is 3. The maximum atomic E-state index is 13.5. The second-order valence-corrected chi connectivity index (χ2v) is 5.25. The second kappa shape index (κ2) is 8.98. The van der Waals surface area contributed by atoms with Gasteiger partial charge in [0.25, 0.3) is 0 Å². The summed E-state index contributed by atoms with van der Waals surface area (Å²) in [5.74, 6) is -0.756.